The number of furan rings is 1. The molecule has 3 aromatic rings. The highest BCUT2D eigenvalue weighted by Crippen LogP contribution is 2.32. The summed E-state index contributed by atoms with van der Waals surface area (Å²) in [6.45, 7) is 0. The summed E-state index contributed by atoms with van der Waals surface area (Å²) in [5.74, 6) is 0.0497. The number of carbonyl (C=O) groups excluding carboxylic acids is 2. The Morgan fingerprint density at radius 2 is 1.91 bits per heavy atom. The van der Waals surface area contributed by atoms with Crippen molar-refractivity contribution in [3.63, 3.8) is 0 Å². The summed E-state index contributed by atoms with van der Waals surface area (Å²) in [6.07, 6.45) is 9.66. The first-order valence-corrected chi connectivity index (χ1v) is 7.40. The minimum atomic E-state index is -0.421. The largest absolute Gasteiger partial charge is 0.456 e. The molecule has 1 aliphatic rings. The maximum absolute atomic E-state index is 11.6. The summed E-state index contributed by atoms with van der Waals surface area (Å²) in [5, 5.41) is 2.60. The maximum Gasteiger partial charge on any atom is 0.290 e. The molecule has 1 aliphatic heterocycles. The normalized spacial score (nSPS) is 16.3. The number of thioether (sulfide) groups is 1. The molecule has 0 atom stereocenters. The predicted octanol–water partition coefficient (Wildman–Crippen LogP) is 2.61. The van der Waals surface area contributed by atoms with Gasteiger partial charge in [-0.2, -0.15) is 0 Å². The van der Waals surface area contributed by atoms with Crippen molar-refractivity contribution in [3.8, 4) is 11.1 Å². The zero-order valence-electron chi connectivity index (χ0n) is 11.5. The summed E-state index contributed by atoms with van der Waals surface area (Å²) in [7, 11) is 0. The van der Waals surface area contributed by atoms with Crippen LogP contribution in [-0.4, -0.2) is 26.1 Å². The van der Waals surface area contributed by atoms with E-state index < -0.39 is 5.91 Å². The fraction of sp³-hybridized carbons (Fsp3) is 0. The smallest absolute Gasteiger partial charge is 0.290 e. The molecule has 3 aromatic heterocycles. The van der Waals surface area contributed by atoms with Crippen LogP contribution in [0, 0.1) is 0 Å². The molecule has 0 aliphatic carbocycles. The third-order valence-electron chi connectivity index (χ3n) is 3.23. The lowest BCUT2D eigenvalue weighted by molar-refractivity contribution is -0.115. The molecule has 1 saturated heterocycles. The number of amides is 2. The van der Waals surface area contributed by atoms with Crippen LogP contribution >= 0.6 is 11.8 Å². The van der Waals surface area contributed by atoms with E-state index in [0.29, 0.717) is 16.2 Å². The van der Waals surface area contributed by atoms with Gasteiger partial charge in [0.1, 0.15) is 17.7 Å². The van der Waals surface area contributed by atoms with E-state index in [9.17, 15) is 9.59 Å². The molecule has 2 amide bonds. The van der Waals surface area contributed by atoms with Crippen molar-refractivity contribution in [1.82, 2.24) is 20.3 Å². The molecule has 112 valence electrons. The number of fused-ring (bicyclic) bond motifs is 1. The van der Waals surface area contributed by atoms with Crippen LogP contribution in [0.1, 0.15) is 5.76 Å². The number of hydrogen-bond acceptors (Lipinski definition) is 7. The Bertz CT molecular complexity index is 965. The van der Waals surface area contributed by atoms with Gasteiger partial charge in [-0.3, -0.25) is 19.9 Å². The lowest BCUT2D eigenvalue weighted by Gasteiger charge is -1.99. The van der Waals surface area contributed by atoms with Gasteiger partial charge in [0, 0.05) is 47.4 Å². The first-order valence-electron chi connectivity index (χ1n) is 6.58. The van der Waals surface area contributed by atoms with E-state index in [1.807, 2.05) is 0 Å². The maximum atomic E-state index is 11.6. The molecule has 0 radical (unpaired) electrons. The number of rotatable bonds is 2. The molecule has 1 N–H and O–H groups in total. The molecule has 7 nitrogen and oxygen atoms in total. The summed E-state index contributed by atoms with van der Waals surface area (Å²) in [6, 6.07) is 1.76. The Labute approximate surface area is 133 Å². The van der Waals surface area contributed by atoms with Crippen LogP contribution in [0.25, 0.3) is 28.2 Å². The zero-order valence-corrected chi connectivity index (χ0v) is 12.3. The molecule has 4 heterocycles. The number of aromatic nitrogens is 3. The van der Waals surface area contributed by atoms with Crippen LogP contribution in [0.5, 0.6) is 0 Å². The fourth-order valence-corrected chi connectivity index (χ4v) is 2.91. The van der Waals surface area contributed by atoms with Crippen molar-refractivity contribution in [2.75, 3.05) is 0 Å². The lowest BCUT2D eigenvalue weighted by atomic mass is 10.1. The number of pyridine rings is 1. The summed E-state index contributed by atoms with van der Waals surface area (Å²) in [4.78, 5) is 35.3. The molecule has 0 aromatic carbocycles. The molecule has 0 saturated carbocycles. The van der Waals surface area contributed by atoms with E-state index in [-0.39, 0.29) is 5.24 Å². The van der Waals surface area contributed by atoms with Crippen LogP contribution in [0.2, 0.25) is 0 Å². The van der Waals surface area contributed by atoms with Crippen molar-refractivity contribution in [2.45, 2.75) is 0 Å². The van der Waals surface area contributed by atoms with Crippen molar-refractivity contribution in [2.24, 2.45) is 0 Å². The molecule has 0 unspecified atom stereocenters. The minimum Gasteiger partial charge on any atom is -0.456 e. The lowest BCUT2D eigenvalue weighted by Crippen LogP contribution is -2.17. The third-order valence-corrected chi connectivity index (χ3v) is 4.04. The van der Waals surface area contributed by atoms with Crippen LogP contribution in [0.3, 0.4) is 0 Å². The van der Waals surface area contributed by atoms with Gasteiger partial charge in [0.25, 0.3) is 11.1 Å². The van der Waals surface area contributed by atoms with Gasteiger partial charge in [-0.05, 0) is 17.8 Å². The summed E-state index contributed by atoms with van der Waals surface area (Å²) < 4.78 is 5.82. The van der Waals surface area contributed by atoms with E-state index in [1.54, 1.807) is 30.9 Å². The molecule has 4 rings (SSSR count). The quantitative estimate of drug-likeness (QED) is 0.723. The molecule has 0 spiro atoms. The Balaban J connectivity index is 1.82. The average Bonchev–Trinajstić information content (AvgIpc) is 3.10. The molecule has 23 heavy (non-hydrogen) atoms. The van der Waals surface area contributed by atoms with Gasteiger partial charge >= 0.3 is 0 Å². The van der Waals surface area contributed by atoms with Gasteiger partial charge in [0.05, 0.1) is 4.91 Å². The molecule has 8 heteroatoms. The van der Waals surface area contributed by atoms with E-state index in [1.165, 1.54) is 12.4 Å². The van der Waals surface area contributed by atoms with Gasteiger partial charge in [-0.1, -0.05) is 0 Å². The van der Waals surface area contributed by atoms with E-state index >= 15 is 0 Å². The van der Waals surface area contributed by atoms with Gasteiger partial charge in [0.15, 0.2) is 0 Å². The van der Waals surface area contributed by atoms with Crippen molar-refractivity contribution < 1.29 is 14.0 Å². The van der Waals surface area contributed by atoms with Crippen LogP contribution in [-0.2, 0) is 4.79 Å². The van der Waals surface area contributed by atoms with Crippen molar-refractivity contribution in [1.29, 1.82) is 0 Å². The number of hydrogen-bond donors (Lipinski definition) is 1. The van der Waals surface area contributed by atoms with Gasteiger partial charge in [-0.15, -0.1) is 0 Å². The molecular weight excluding hydrogens is 316 g/mol. The zero-order chi connectivity index (χ0) is 15.8. The monoisotopic (exact) mass is 324 g/mol. The van der Waals surface area contributed by atoms with Crippen molar-refractivity contribution in [3.05, 3.63) is 47.8 Å². The second kappa shape index (κ2) is 5.33. The number of imide groups is 1. The van der Waals surface area contributed by atoms with E-state index in [2.05, 4.69) is 20.3 Å². The summed E-state index contributed by atoms with van der Waals surface area (Å²) >= 11 is 0.845. The van der Waals surface area contributed by atoms with Gasteiger partial charge in [-0.25, -0.2) is 9.97 Å². The molecular formula is C15H8N4O3S. The predicted molar refractivity (Wildman–Crippen MR) is 84.1 cm³/mol. The first-order chi connectivity index (χ1) is 11.2. The first kappa shape index (κ1) is 13.6. The molecule has 0 bridgehead atoms. The molecule has 1 fully saturated rings. The highest BCUT2D eigenvalue weighted by atomic mass is 32.2. The standard InChI is InChI=1S/C15H8N4O3S/c20-14-12(23-15(21)19-14)2-10-1-8-3-16-6-11(13(8)22-10)9-4-17-7-18-5-9/h1-7H,(H,19,20,21). The van der Waals surface area contributed by atoms with Crippen LogP contribution < -0.4 is 5.32 Å². The second-order valence-corrected chi connectivity index (χ2v) is 5.75. The summed E-state index contributed by atoms with van der Waals surface area (Å²) in [5.41, 5.74) is 2.16. The highest BCUT2D eigenvalue weighted by Gasteiger charge is 2.25. The van der Waals surface area contributed by atoms with E-state index in [4.69, 9.17) is 4.42 Å². The Morgan fingerprint density at radius 3 is 2.65 bits per heavy atom. The number of nitrogens with one attached hydrogen (secondary N) is 1. The Kier molecular flexibility index (Phi) is 3.16. The van der Waals surface area contributed by atoms with Gasteiger partial charge < -0.3 is 4.42 Å². The third kappa shape index (κ3) is 2.49. The second-order valence-electron chi connectivity index (χ2n) is 4.73. The minimum absolute atomic E-state index is 0.298. The van der Waals surface area contributed by atoms with Crippen LogP contribution in [0.4, 0.5) is 4.79 Å². The number of nitrogens with zero attached hydrogens (tertiary/aromatic N) is 3. The Morgan fingerprint density at radius 1 is 1.09 bits per heavy atom. The van der Waals surface area contributed by atoms with Crippen LogP contribution in [0.15, 0.2) is 46.5 Å². The topological polar surface area (TPSA) is 98.0 Å². The van der Waals surface area contributed by atoms with E-state index in [0.717, 1.165) is 28.3 Å². The van der Waals surface area contributed by atoms with Gasteiger partial charge in [0.2, 0.25) is 0 Å². The average molecular weight is 324 g/mol. The number of carbonyl (C=O) groups is 2. The fourth-order valence-electron chi connectivity index (χ4n) is 2.25. The van der Waals surface area contributed by atoms with Crippen molar-refractivity contribution >= 4 is 40.0 Å². The Hall–Kier alpha value is -3.00. The highest BCUT2D eigenvalue weighted by molar-refractivity contribution is 8.18. The SMILES string of the molecule is O=C1NC(=O)C(=Cc2cc3cncc(-c4cncnc4)c3o2)S1.